The van der Waals surface area contributed by atoms with Crippen molar-refractivity contribution in [1.82, 2.24) is 0 Å². The Morgan fingerprint density at radius 3 is 2.41 bits per heavy atom. The van der Waals surface area contributed by atoms with Crippen LogP contribution in [-0.4, -0.2) is 39.7 Å². The Balaban J connectivity index is 0.000000496. The minimum absolute atomic E-state index is 0.405. The summed E-state index contributed by atoms with van der Waals surface area (Å²) in [6.45, 7) is 0.465. The highest BCUT2D eigenvalue weighted by Gasteiger charge is 2.12. The van der Waals surface area contributed by atoms with Gasteiger partial charge in [-0.25, -0.2) is 9.18 Å². The van der Waals surface area contributed by atoms with Crippen LogP contribution in [0.2, 0.25) is 5.02 Å². The Labute approximate surface area is 246 Å². The first-order chi connectivity index (χ1) is 19.8. The molecule has 1 saturated carbocycles. The third-order valence-corrected chi connectivity index (χ3v) is 7.42. The Kier molecular flexibility index (Phi) is 12.1. The van der Waals surface area contributed by atoms with E-state index in [1.807, 2.05) is 55.4 Å². The van der Waals surface area contributed by atoms with Crippen LogP contribution in [0.15, 0.2) is 60.7 Å². The number of esters is 1. The molecule has 4 rings (SSSR count). The lowest BCUT2D eigenvalue weighted by Crippen LogP contribution is -2.17. The highest BCUT2D eigenvalue weighted by molar-refractivity contribution is 6.31. The first kappa shape index (κ1) is 31.6. The highest BCUT2D eigenvalue weighted by atomic mass is 35.5. The van der Waals surface area contributed by atoms with E-state index in [4.69, 9.17) is 17.0 Å². The SMILES string of the molecule is CNc1ccc(-c2ccc(CN(C)c3cc(F)cc(/C=C/C(=O)OC)c3)c(Cl)c2)cc1C=N.O=CC1CCCCC1. The van der Waals surface area contributed by atoms with Crippen molar-refractivity contribution in [3.05, 3.63) is 88.2 Å². The van der Waals surface area contributed by atoms with Gasteiger partial charge < -0.3 is 25.2 Å². The van der Waals surface area contributed by atoms with E-state index in [0.29, 0.717) is 28.7 Å². The van der Waals surface area contributed by atoms with Gasteiger partial charge in [-0.2, -0.15) is 0 Å². The Hall–Kier alpha value is -3.97. The van der Waals surface area contributed by atoms with Gasteiger partial charge in [-0.15, -0.1) is 0 Å². The Morgan fingerprint density at radius 2 is 1.80 bits per heavy atom. The Morgan fingerprint density at radius 1 is 1.10 bits per heavy atom. The molecule has 6 nitrogen and oxygen atoms in total. The first-order valence-electron chi connectivity index (χ1n) is 13.6. The predicted molar refractivity (Wildman–Crippen MR) is 167 cm³/mol. The van der Waals surface area contributed by atoms with E-state index in [1.165, 1.54) is 56.9 Å². The molecule has 1 aliphatic rings. The fourth-order valence-electron chi connectivity index (χ4n) is 4.71. The predicted octanol–water partition coefficient (Wildman–Crippen LogP) is 7.77. The van der Waals surface area contributed by atoms with Crippen LogP contribution >= 0.6 is 11.6 Å². The molecule has 2 N–H and O–H groups in total. The van der Waals surface area contributed by atoms with Gasteiger partial charge in [0.25, 0.3) is 0 Å². The molecule has 0 radical (unpaired) electrons. The van der Waals surface area contributed by atoms with Crippen LogP contribution in [0.3, 0.4) is 0 Å². The van der Waals surface area contributed by atoms with Crippen molar-refractivity contribution >= 4 is 47.5 Å². The minimum atomic E-state index is -0.505. The zero-order chi connectivity index (χ0) is 29.8. The summed E-state index contributed by atoms with van der Waals surface area (Å²) in [6.07, 6.45) is 11.3. The molecule has 0 saturated heterocycles. The molecule has 8 heteroatoms. The second-order valence-corrected chi connectivity index (χ2v) is 10.4. The van der Waals surface area contributed by atoms with Gasteiger partial charge >= 0.3 is 5.97 Å². The van der Waals surface area contributed by atoms with E-state index in [-0.39, 0.29) is 0 Å². The topological polar surface area (TPSA) is 82.5 Å². The molecular weight excluding hydrogens is 541 g/mol. The van der Waals surface area contributed by atoms with Crippen molar-refractivity contribution in [2.45, 2.75) is 38.6 Å². The van der Waals surface area contributed by atoms with Gasteiger partial charge in [0.05, 0.1) is 7.11 Å². The summed E-state index contributed by atoms with van der Waals surface area (Å²) in [4.78, 5) is 23.4. The van der Waals surface area contributed by atoms with Gasteiger partial charge in [0.15, 0.2) is 0 Å². The zero-order valence-corrected chi connectivity index (χ0v) is 24.5. The molecule has 0 aromatic heterocycles. The number of anilines is 2. The number of benzene rings is 3. The molecule has 3 aromatic rings. The first-order valence-corrected chi connectivity index (χ1v) is 14.0. The number of halogens is 2. The van der Waals surface area contributed by atoms with Gasteiger partial charge in [-0.1, -0.05) is 49.1 Å². The molecule has 0 amide bonds. The van der Waals surface area contributed by atoms with Crippen LogP contribution in [-0.2, 0) is 20.9 Å². The molecule has 0 heterocycles. The lowest BCUT2D eigenvalue weighted by molar-refractivity contribution is -0.134. The van der Waals surface area contributed by atoms with Crippen molar-refractivity contribution in [3.63, 3.8) is 0 Å². The van der Waals surface area contributed by atoms with E-state index in [1.54, 1.807) is 6.07 Å². The fourth-order valence-corrected chi connectivity index (χ4v) is 4.95. The van der Waals surface area contributed by atoms with E-state index < -0.39 is 11.8 Å². The van der Waals surface area contributed by atoms with Crippen LogP contribution in [0.25, 0.3) is 17.2 Å². The number of rotatable bonds is 9. The Bertz CT molecular complexity index is 1390. The number of carbonyl (C=O) groups excluding carboxylic acids is 2. The summed E-state index contributed by atoms with van der Waals surface area (Å²) in [6, 6.07) is 16.2. The van der Waals surface area contributed by atoms with E-state index >= 15 is 0 Å². The van der Waals surface area contributed by atoms with Gasteiger partial charge in [-0.05, 0) is 77.6 Å². The van der Waals surface area contributed by atoms with Crippen LogP contribution in [0.5, 0.6) is 0 Å². The molecule has 0 spiro atoms. The largest absolute Gasteiger partial charge is 0.466 e. The molecule has 1 aliphatic carbocycles. The molecule has 3 aromatic carbocycles. The molecule has 0 bridgehead atoms. The molecule has 0 unspecified atom stereocenters. The number of methoxy groups -OCH3 is 1. The average Bonchev–Trinajstić information content (AvgIpc) is 3.00. The lowest BCUT2D eigenvalue weighted by Gasteiger charge is -2.21. The quantitative estimate of drug-likeness (QED) is 0.117. The third kappa shape index (κ3) is 9.29. The third-order valence-electron chi connectivity index (χ3n) is 7.07. The summed E-state index contributed by atoms with van der Waals surface area (Å²) < 4.78 is 18.7. The van der Waals surface area contributed by atoms with Crippen molar-refractivity contribution in [1.29, 1.82) is 5.41 Å². The maximum absolute atomic E-state index is 14.1. The molecule has 0 atom stereocenters. The van der Waals surface area contributed by atoms with Gasteiger partial charge in [0, 0.05) is 60.8 Å². The standard InChI is InChI=1S/C26H25ClFN3O2.C7H12O/c1-30-25-8-7-18(12-21(25)15-29)19-5-6-20(24(27)13-19)16-31(2)23-11-17(10-22(28)14-23)4-9-26(32)33-3;8-6-7-4-2-1-3-5-7/h4-15,29-30H,16H2,1-3H3;6-7H,1-5H2/b9-4+,29-15?;. The smallest absolute Gasteiger partial charge is 0.330 e. The van der Waals surface area contributed by atoms with E-state index in [2.05, 4.69) is 10.1 Å². The van der Waals surface area contributed by atoms with Gasteiger partial charge in [-0.3, -0.25) is 0 Å². The van der Waals surface area contributed by atoms with Crippen molar-refractivity contribution in [2.75, 3.05) is 31.4 Å². The fraction of sp³-hybridized carbons (Fsp3) is 0.303. The summed E-state index contributed by atoms with van der Waals surface area (Å²) in [5.41, 5.74) is 5.67. The molecule has 1 fully saturated rings. The average molecular weight is 578 g/mol. The van der Waals surface area contributed by atoms with Crippen molar-refractivity contribution in [3.8, 4) is 11.1 Å². The van der Waals surface area contributed by atoms with Crippen molar-refractivity contribution in [2.24, 2.45) is 5.92 Å². The highest BCUT2D eigenvalue weighted by Crippen LogP contribution is 2.30. The van der Waals surface area contributed by atoms with Crippen LogP contribution in [0, 0.1) is 17.1 Å². The number of nitrogens with zero attached hydrogens (tertiary/aromatic N) is 1. The number of carbonyl (C=O) groups is 2. The van der Waals surface area contributed by atoms with Crippen LogP contribution in [0.4, 0.5) is 15.8 Å². The molecule has 216 valence electrons. The molecule has 41 heavy (non-hydrogen) atoms. The maximum atomic E-state index is 14.1. The lowest BCUT2D eigenvalue weighted by atomic mass is 9.91. The maximum Gasteiger partial charge on any atom is 0.330 e. The summed E-state index contributed by atoms with van der Waals surface area (Å²) in [5.74, 6) is -0.504. The normalized spacial score (nSPS) is 13.2. The molecule has 0 aliphatic heterocycles. The van der Waals surface area contributed by atoms with Gasteiger partial charge in [0.1, 0.15) is 12.1 Å². The summed E-state index contributed by atoms with van der Waals surface area (Å²) in [7, 11) is 4.96. The number of hydrogen-bond acceptors (Lipinski definition) is 6. The van der Waals surface area contributed by atoms with Crippen molar-refractivity contribution < 1.29 is 18.7 Å². The molecular formula is C33H37ClFN3O3. The van der Waals surface area contributed by atoms with E-state index in [0.717, 1.165) is 47.1 Å². The number of hydrogen-bond donors (Lipinski definition) is 2. The zero-order valence-electron chi connectivity index (χ0n) is 23.8. The van der Waals surface area contributed by atoms with Crippen LogP contribution < -0.4 is 10.2 Å². The monoisotopic (exact) mass is 577 g/mol. The minimum Gasteiger partial charge on any atom is -0.466 e. The second kappa shape index (κ2) is 15.7. The second-order valence-electron chi connectivity index (χ2n) is 9.99. The number of nitrogens with one attached hydrogen (secondary N) is 2. The summed E-state index contributed by atoms with van der Waals surface area (Å²) in [5, 5.41) is 11.3. The summed E-state index contributed by atoms with van der Waals surface area (Å²) >= 11 is 6.59. The number of aldehydes is 1. The number of ether oxygens (including phenoxy) is 1. The van der Waals surface area contributed by atoms with Crippen LogP contribution in [0.1, 0.15) is 48.8 Å². The van der Waals surface area contributed by atoms with Gasteiger partial charge in [0.2, 0.25) is 0 Å². The van der Waals surface area contributed by atoms with E-state index in [9.17, 15) is 14.0 Å².